The van der Waals surface area contributed by atoms with Crippen LogP contribution in [0.15, 0.2) is 63.1 Å². The fraction of sp³-hybridized carbons (Fsp3) is 0.385. The normalized spacial score (nSPS) is 16.9. The van der Waals surface area contributed by atoms with Crippen LogP contribution in [0, 0.1) is 19.8 Å². The molecule has 1 amide bonds. The highest BCUT2D eigenvalue weighted by Gasteiger charge is 2.13. The molecule has 34 heavy (non-hydrogen) atoms. The SMILES string of the molecule is C=C/C(=C\C1C=C(Cl)C=NC1)CC(/C=C(\CC)C(=O)NCc1c(C)cc(N)nc1C)=N/CCO. The van der Waals surface area contributed by atoms with Crippen molar-refractivity contribution in [3.8, 4) is 0 Å². The summed E-state index contributed by atoms with van der Waals surface area (Å²) in [5.41, 5.74) is 10.8. The molecular weight excluding hydrogens is 450 g/mol. The number of aliphatic hydroxyl groups excluding tert-OH is 1. The van der Waals surface area contributed by atoms with Crippen molar-refractivity contribution in [1.29, 1.82) is 0 Å². The molecule has 8 heteroatoms. The van der Waals surface area contributed by atoms with Gasteiger partial charge in [-0.1, -0.05) is 43.3 Å². The smallest absolute Gasteiger partial charge is 0.247 e. The number of aliphatic imine (C=N–C) groups is 2. The van der Waals surface area contributed by atoms with Crippen molar-refractivity contribution < 1.29 is 9.90 Å². The van der Waals surface area contributed by atoms with Gasteiger partial charge in [0.1, 0.15) is 5.82 Å². The first-order valence-electron chi connectivity index (χ1n) is 11.3. The van der Waals surface area contributed by atoms with Crippen LogP contribution >= 0.6 is 11.6 Å². The number of hydrogen-bond acceptors (Lipinski definition) is 6. The Hall–Kier alpha value is -3.03. The molecule has 1 aliphatic heterocycles. The third kappa shape index (κ3) is 8.39. The Morgan fingerprint density at radius 3 is 2.82 bits per heavy atom. The number of rotatable bonds is 11. The molecule has 0 radical (unpaired) electrons. The summed E-state index contributed by atoms with van der Waals surface area (Å²) in [6.45, 7) is 10.8. The number of aliphatic hydroxyl groups is 1. The first kappa shape index (κ1) is 27.2. The Kier molecular flexibility index (Phi) is 10.9. The van der Waals surface area contributed by atoms with Gasteiger partial charge in [0.25, 0.3) is 0 Å². The van der Waals surface area contributed by atoms with Gasteiger partial charge >= 0.3 is 0 Å². The molecule has 0 aromatic carbocycles. The van der Waals surface area contributed by atoms with Crippen LogP contribution < -0.4 is 11.1 Å². The molecule has 0 spiro atoms. The second kappa shape index (κ2) is 13.6. The minimum Gasteiger partial charge on any atom is -0.394 e. The molecule has 0 aliphatic carbocycles. The molecule has 2 heterocycles. The maximum absolute atomic E-state index is 13.0. The number of nitrogen functional groups attached to an aromatic ring is 1. The monoisotopic (exact) mass is 483 g/mol. The molecule has 1 atom stereocenters. The number of amides is 1. The van der Waals surface area contributed by atoms with Crippen LogP contribution in [-0.2, 0) is 11.3 Å². The number of nitrogens with one attached hydrogen (secondary N) is 1. The van der Waals surface area contributed by atoms with E-state index in [0.717, 1.165) is 22.4 Å². The minimum absolute atomic E-state index is 0.0718. The predicted molar refractivity (Wildman–Crippen MR) is 141 cm³/mol. The number of anilines is 1. The van der Waals surface area contributed by atoms with Crippen molar-refractivity contribution >= 4 is 35.3 Å². The lowest BCUT2D eigenvalue weighted by Crippen LogP contribution is -2.26. The average molecular weight is 484 g/mol. The number of nitrogens with two attached hydrogens (primary N) is 1. The van der Waals surface area contributed by atoms with Crippen LogP contribution in [0.4, 0.5) is 5.82 Å². The second-order valence-electron chi connectivity index (χ2n) is 8.06. The van der Waals surface area contributed by atoms with Crippen LogP contribution in [0.2, 0.25) is 0 Å². The van der Waals surface area contributed by atoms with E-state index in [4.69, 9.17) is 17.3 Å². The van der Waals surface area contributed by atoms with Crippen LogP contribution in [0.5, 0.6) is 0 Å². The number of aryl methyl sites for hydroxylation is 2. The molecule has 7 nitrogen and oxygen atoms in total. The number of halogens is 1. The quantitative estimate of drug-likeness (QED) is 0.251. The summed E-state index contributed by atoms with van der Waals surface area (Å²) in [6, 6.07) is 1.80. The van der Waals surface area contributed by atoms with Crippen LogP contribution in [0.1, 0.15) is 36.6 Å². The summed E-state index contributed by atoms with van der Waals surface area (Å²) in [5.74, 6) is 0.366. The van der Waals surface area contributed by atoms with Gasteiger partial charge in [-0.25, -0.2) is 4.98 Å². The zero-order valence-corrected chi connectivity index (χ0v) is 20.9. The minimum atomic E-state index is -0.171. The van der Waals surface area contributed by atoms with E-state index in [1.807, 2.05) is 26.8 Å². The van der Waals surface area contributed by atoms with E-state index in [1.54, 1.807) is 24.4 Å². The molecule has 4 N–H and O–H groups in total. The van der Waals surface area contributed by atoms with E-state index in [9.17, 15) is 9.90 Å². The highest BCUT2D eigenvalue weighted by molar-refractivity contribution is 6.39. The van der Waals surface area contributed by atoms with Gasteiger partial charge in [0.15, 0.2) is 0 Å². The fourth-order valence-corrected chi connectivity index (χ4v) is 3.89. The standard InChI is InChI=1S/C26H34ClN5O2/c1-5-19(10-20-11-22(27)15-29-14-20)12-23(30-7-8-33)13-21(6-2)26(34)31-16-24-17(3)9-25(28)32-18(24)4/h5,9-11,13,15,20,33H,1,6-8,12,14,16H2,2-4H3,(H2,28,32)(H,31,34)/b19-10+,21-13+,30-23-. The van der Waals surface area contributed by atoms with Gasteiger partial charge < -0.3 is 16.2 Å². The fourth-order valence-electron chi connectivity index (χ4n) is 3.66. The lowest BCUT2D eigenvalue weighted by atomic mass is 9.98. The largest absolute Gasteiger partial charge is 0.394 e. The molecule has 182 valence electrons. The Labute approximate surface area is 206 Å². The van der Waals surface area contributed by atoms with Gasteiger partial charge in [-0.3, -0.25) is 14.8 Å². The van der Waals surface area contributed by atoms with E-state index < -0.39 is 0 Å². The lowest BCUT2D eigenvalue weighted by Gasteiger charge is -2.14. The first-order valence-corrected chi connectivity index (χ1v) is 11.7. The van der Waals surface area contributed by atoms with Gasteiger partial charge in [0.05, 0.1) is 18.2 Å². The highest BCUT2D eigenvalue weighted by Crippen LogP contribution is 2.19. The number of carbonyl (C=O) groups excluding carboxylic acids is 1. The molecule has 0 saturated heterocycles. The number of allylic oxidation sites excluding steroid dienone is 4. The van der Waals surface area contributed by atoms with Crippen LogP contribution in [0.25, 0.3) is 0 Å². The van der Waals surface area contributed by atoms with Crippen molar-refractivity contribution in [3.05, 3.63) is 69.9 Å². The van der Waals surface area contributed by atoms with Crippen LogP contribution in [-0.4, -0.2) is 47.6 Å². The lowest BCUT2D eigenvalue weighted by molar-refractivity contribution is -0.117. The number of aromatic nitrogens is 1. The van der Waals surface area contributed by atoms with Gasteiger partial charge in [0, 0.05) is 48.6 Å². The molecule has 2 rings (SSSR count). The summed E-state index contributed by atoms with van der Waals surface area (Å²) in [6.07, 6.45) is 10.2. The zero-order chi connectivity index (χ0) is 25.1. The number of hydrogen-bond donors (Lipinski definition) is 3. The number of nitrogens with zero attached hydrogens (tertiary/aromatic N) is 3. The molecule has 0 saturated carbocycles. The van der Waals surface area contributed by atoms with E-state index in [2.05, 4.69) is 32.9 Å². The van der Waals surface area contributed by atoms with Gasteiger partial charge in [0.2, 0.25) is 5.91 Å². The van der Waals surface area contributed by atoms with Crippen molar-refractivity contribution in [2.75, 3.05) is 25.4 Å². The predicted octanol–water partition coefficient (Wildman–Crippen LogP) is 3.99. The summed E-state index contributed by atoms with van der Waals surface area (Å²) >= 11 is 6.08. The molecule has 1 unspecified atom stereocenters. The Balaban J connectivity index is 2.19. The third-order valence-electron chi connectivity index (χ3n) is 5.41. The number of carbonyl (C=O) groups is 1. The first-order chi connectivity index (χ1) is 16.3. The summed E-state index contributed by atoms with van der Waals surface area (Å²) in [5, 5.41) is 12.9. The van der Waals surface area contributed by atoms with Gasteiger partial charge in [-0.15, -0.1) is 0 Å². The molecule has 1 aromatic heterocycles. The average Bonchev–Trinajstić information content (AvgIpc) is 2.79. The Morgan fingerprint density at radius 1 is 1.44 bits per heavy atom. The zero-order valence-electron chi connectivity index (χ0n) is 20.1. The highest BCUT2D eigenvalue weighted by atomic mass is 35.5. The summed E-state index contributed by atoms with van der Waals surface area (Å²) in [4.78, 5) is 26.0. The van der Waals surface area contributed by atoms with Gasteiger partial charge in [-0.2, -0.15) is 0 Å². The molecule has 0 fully saturated rings. The molecule has 0 bridgehead atoms. The van der Waals surface area contributed by atoms with E-state index in [1.165, 1.54) is 0 Å². The Morgan fingerprint density at radius 2 is 2.21 bits per heavy atom. The van der Waals surface area contributed by atoms with E-state index in [0.29, 0.717) is 48.1 Å². The van der Waals surface area contributed by atoms with Crippen molar-refractivity contribution in [1.82, 2.24) is 10.3 Å². The summed E-state index contributed by atoms with van der Waals surface area (Å²) in [7, 11) is 0. The molecular formula is C26H34ClN5O2. The topological polar surface area (TPSA) is 113 Å². The molecule has 1 aromatic rings. The maximum Gasteiger partial charge on any atom is 0.247 e. The van der Waals surface area contributed by atoms with Gasteiger partial charge in [-0.05, 0) is 49.1 Å². The van der Waals surface area contributed by atoms with E-state index >= 15 is 0 Å². The van der Waals surface area contributed by atoms with Crippen molar-refractivity contribution in [3.63, 3.8) is 0 Å². The second-order valence-corrected chi connectivity index (χ2v) is 8.50. The van der Waals surface area contributed by atoms with Crippen molar-refractivity contribution in [2.45, 2.75) is 40.2 Å². The Bertz CT molecular complexity index is 1030. The molecule has 1 aliphatic rings. The maximum atomic E-state index is 13.0. The summed E-state index contributed by atoms with van der Waals surface area (Å²) < 4.78 is 0. The van der Waals surface area contributed by atoms with E-state index in [-0.39, 0.29) is 25.0 Å². The van der Waals surface area contributed by atoms with Crippen LogP contribution in [0.3, 0.4) is 0 Å². The number of pyridine rings is 1. The number of dihydropyridines is 1. The third-order valence-corrected chi connectivity index (χ3v) is 5.63. The van der Waals surface area contributed by atoms with Crippen molar-refractivity contribution in [2.24, 2.45) is 15.9 Å².